The Labute approximate surface area is 186 Å². The Morgan fingerprint density at radius 1 is 1.25 bits per heavy atom. The van der Waals surface area contributed by atoms with Crippen molar-refractivity contribution in [3.05, 3.63) is 58.0 Å². The second kappa shape index (κ2) is 9.12. The number of benzene rings is 1. The molecular weight excluding hydrogens is 408 g/mol. The van der Waals surface area contributed by atoms with Crippen LogP contribution in [0.4, 0.5) is 0 Å². The number of carbonyl (C=O) groups is 1. The average Bonchev–Trinajstić information content (AvgIpc) is 3.29. The molecule has 0 aliphatic carbocycles. The first-order valence-corrected chi connectivity index (χ1v) is 10.9. The van der Waals surface area contributed by atoms with Crippen molar-refractivity contribution in [1.29, 1.82) is 0 Å². The molecule has 0 amide bonds. The lowest BCUT2D eigenvalue weighted by Gasteiger charge is -2.34. The summed E-state index contributed by atoms with van der Waals surface area (Å²) < 4.78 is 18.7. The summed E-state index contributed by atoms with van der Waals surface area (Å²) in [7, 11) is 1.67. The number of aromatic nitrogens is 2. The van der Waals surface area contributed by atoms with E-state index >= 15 is 0 Å². The van der Waals surface area contributed by atoms with Crippen LogP contribution in [0.15, 0.2) is 46.0 Å². The van der Waals surface area contributed by atoms with Crippen molar-refractivity contribution in [1.82, 2.24) is 9.72 Å². The van der Waals surface area contributed by atoms with Crippen LogP contribution in [-0.4, -0.2) is 35.8 Å². The number of methoxy groups -OCH3 is 1. The van der Waals surface area contributed by atoms with Gasteiger partial charge in [-0.15, -0.1) is 0 Å². The zero-order valence-electron chi connectivity index (χ0n) is 18.9. The number of hydrogen-bond donors (Lipinski definition) is 0. The van der Waals surface area contributed by atoms with Gasteiger partial charge in [-0.25, -0.2) is 0 Å². The van der Waals surface area contributed by atoms with E-state index < -0.39 is 0 Å². The molecule has 32 heavy (non-hydrogen) atoms. The zero-order valence-corrected chi connectivity index (χ0v) is 18.9. The quantitative estimate of drug-likeness (QED) is 0.381. The summed E-state index contributed by atoms with van der Waals surface area (Å²) in [4.78, 5) is 24.7. The van der Waals surface area contributed by atoms with Crippen LogP contribution in [0, 0.1) is 5.92 Å². The van der Waals surface area contributed by atoms with Crippen LogP contribution in [0.1, 0.15) is 49.2 Å². The summed E-state index contributed by atoms with van der Waals surface area (Å²) in [5.41, 5.74) is 3.56. The number of rotatable bonds is 8. The maximum atomic E-state index is 12.7. The molecule has 3 aromatic rings. The van der Waals surface area contributed by atoms with Gasteiger partial charge in [0.15, 0.2) is 17.0 Å². The predicted octanol–water partition coefficient (Wildman–Crippen LogP) is 4.54. The molecule has 1 atom stereocenters. The van der Waals surface area contributed by atoms with Crippen molar-refractivity contribution < 1.29 is 18.8 Å². The van der Waals surface area contributed by atoms with Crippen LogP contribution in [-0.2, 0) is 11.2 Å². The van der Waals surface area contributed by atoms with Crippen LogP contribution in [0.3, 0.4) is 0 Å². The topological polar surface area (TPSA) is 83.6 Å². The minimum absolute atomic E-state index is 0.119. The highest BCUT2D eigenvalue weighted by atomic mass is 16.5. The van der Waals surface area contributed by atoms with Gasteiger partial charge in [-0.2, -0.15) is 0 Å². The fourth-order valence-corrected chi connectivity index (χ4v) is 4.27. The van der Waals surface area contributed by atoms with E-state index in [4.69, 9.17) is 14.0 Å². The summed E-state index contributed by atoms with van der Waals surface area (Å²) in [5.74, 6) is 1.40. The van der Waals surface area contributed by atoms with Gasteiger partial charge in [0.1, 0.15) is 5.75 Å². The van der Waals surface area contributed by atoms with E-state index in [0.717, 1.165) is 41.0 Å². The molecule has 4 rings (SSSR count). The fraction of sp³-hybridized carbons (Fsp3) is 0.400. The van der Waals surface area contributed by atoms with E-state index in [9.17, 15) is 9.59 Å². The second-order valence-electron chi connectivity index (χ2n) is 8.49. The number of ketones is 1. The molecule has 0 saturated carbocycles. The number of nitrogens with zero attached hydrogens (tertiary/aromatic N) is 2. The highest BCUT2D eigenvalue weighted by molar-refractivity contribution is 5.94. The van der Waals surface area contributed by atoms with Gasteiger partial charge in [0.05, 0.1) is 29.6 Å². The highest BCUT2D eigenvalue weighted by Gasteiger charge is 2.29. The molecule has 1 aromatic carbocycles. The predicted molar refractivity (Wildman–Crippen MR) is 121 cm³/mol. The fourth-order valence-electron chi connectivity index (χ4n) is 4.27. The van der Waals surface area contributed by atoms with Gasteiger partial charge in [0.25, 0.3) is 0 Å². The third-order valence-electron chi connectivity index (χ3n) is 5.95. The van der Waals surface area contributed by atoms with Crippen LogP contribution >= 0.6 is 0 Å². The van der Waals surface area contributed by atoms with Gasteiger partial charge >= 0.3 is 0 Å². The average molecular weight is 437 g/mol. The van der Waals surface area contributed by atoms with Gasteiger partial charge in [-0.3, -0.25) is 9.59 Å². The molecule has 0 radical (unpaired) electrons. The Balaban J connectivity index is 1.88. The lowest BCUT2D eigenvalue weighted by atomic mass is 9.86. The number of fused-ring (bicyclic) bond motifs is 3. The third kappa shape index (κ3) is 4.12. The number of hydrogen-bond acceptors (Lipinski definition) is 6. The van der Waals surface area contributed by atoms with Gasteiger partial charge in [0, 0.05) is 50.1 Å². The Hall–Kier alpha value is -3.19. The molecule has 3 heterocycles. The first-order valence-electron chi connectivity index (χ1n) is 10.9. The van der Waals surface area contributed by atoms with Crippen LogP contribution in [0.25, 0.3) is 22.6 Å². The lowest BCUT2D eigenvalue weighted by Crippen LogP contribution is -2.28. The molecule has 0 saturated heterocycles. The Morgan fingerprint density at radius 2 is 2.06 bits per heavy atom. The lowest BCUT2D eigenvalue weighted by molar-refractivity contribution is 0.101. The molecule has 0 N–H and O–H groups in total. The van der Waals surface area contributed by atoms with E-state index in [1.165, 1.54) is 6.92 Å². The molecule has 1 aliphatic rings. The van der Waals surface area contributed by atoms with Crippen molar-refractivity contribution in [2.24, 2.45) is 5.92 Å². The Bertz CT molecular complexity index is 1180. The van der Waals surface area contributed by atoms with Crippen LogP contribution in [0.2, 0.25) is 0 Å². The number of Topliss-reactive ketones (excluding diaryl/α,β-unsaturated/α-hetero) is 1. The molecule has 0 spiro atoms. The van der Waals surface area contributed by atoms with Crippen molar-refractivity contribution in [3.8, 4) is 28.3 Å². The van der Waals surface area contributed by atoms with E-state index in [1.54, 1.807) is 31.6 Å². The van der Waals surface area contributed by atoms with Gasteiger partial charge in [0.2, 0.25) is 0 Å². The smallest absolute Gasteiger partial charge is 0.192 e. The Kier molecular flexibility index (Phi) is 6.28. The number of pyridine rings is 1. The second-order valence-corrected chi connectivity index (χ2v) is 8.49. The van der Waals surface area contributed by atoms with E-state index in [-0.39, 0.29) is 22.8 Å². The maximum Gasteiger partial charge on any atom is 0.192 e. The first kappa shape index (κ1) is 22.0. The molecule has 0 bridgehead atoms. The summed E-state index contributed by atoms with van der Waals surface area (Å²) in [6.45, 7) is 6.86. The number of ether oxygens (including phenoxy) is 2. The molecule has 2 aromatic heterocycles. The van der Waals surface area contributed by atoms with Crippen molar-refractivity contribution in [2.45, 2.75) is 39.7 Å². The summed E-state index contributed by atoms with van der Waals surface area (Å²) in [5, 5.41) is 3.84. The summed E-state index contributed by atoms with van der Waals surface area (Å²) in [6.07, 6.45) is 4.85. The maximum absolute atomic E-state index is 12.7. The molecule has 7 heteroatoms. The SMILES string of the molecule is COCCCOc1cc2c(cc1-c1ccno1)-c1cc(=O)c(C(C)=O)cn1C(C(C)C)C2. The largest absolute Gasteiger partial charge is 0.493 e. The third-order valence-corrected chi connectivity index (χ3v) is 5.95. The van der Waals surface area contributed by atoms with Gasteiger partial charge < -0.3 is 18.6 Å². The van der Waals surface area contributed by atoms with Gasteiger partial charge in [-0.1, -0.05) is 19.0 Å². The van der Waals surface area contributed by atoms with Crippen molar-refractivity contribution in [3.63, 3.8) is 0 Å². The molecule has 0 fully saturated rings. The van der Waals surface area contributed by atoms with Crippen LogP contribution < -0.4 is 10.2 Å². The zero-order chi connectivity index (χ0) is 22.8. The summed E-state index contributed by atoms with van der Waals surface area (Å²) >= 11 is 0. The summed E-state index contributed by atoms with van der Waals surface area (Å²) in [6, 6.07) is 7.52. The molecule has 168 valence electrons. The normalized spacial score (nSPS) is 14.8. The van der Waals surface area contributed by atoms with E-state index in [1.807, 2.05) is 12.1 Å². The van der Waals surface area contributed by atoms with Crippen molar-refractivity contribution in [2.75, 3.05) is 20.3 Å². The van der Waals surface area contributed by atoms with Crippen LogP contribution in [0.5, 0.6) is 5.75 Å². The van der Waals surface area contributed by atoms with Crippen molar-refractivity contribution >= 4 is 5.78 Å². The minimum atomic E-state index is -0.264. The molecular formula is C25H28N2O5. The van der Waals surface area contributed by atoms with E-state index in [2.05, 4.69) is 23.6 Å². The monoisotopic (exact) mass is 436 g/mol. The first-order chi connectivity index (χ1) is 15.4. The standard InChI is InChI=1S/C25H28N2O5/c1-15(2)21-10-17-11-25(31-9-5-8-30-4)19(24-6-7-26-32-24)12-18(17)22-13-23(29)20(16(3)28)14-27(21)22/h6-7,11-15,21H,5,8-10H2,1-4H3. The highest BCUT2D eigenvalue weighted by Crippen LogP contribution is 2.43. The molecule has 1 aliphatic heterocycles. The van der Waals surface area contributed by atoms with E-state index in [0.29, 0.717) is 24.9 Å². The molecule has 7 nitrogen and oxygen atoms in total. The number of carbonyl (C=O) groups excluding carboxylic acids is 1. The minimum Gasteiger partial charge on any atom is -0.493 e. The molecule has 1 unspecified atom stereocenters. The Morgan fingerprint density at radius 3 is 2.72 bits per heavy atom. The van der Waals surface area contributed by atoms with Gasteiger partial charge in [-0.05, 0) is 37.0 Å².